The normalized spacial score (nSPS) is 10.5. The molecule has 0 aliphatic rings. The van der Waals surface area contributed by atoms with E-state index < -0.39 is 0 Å². The Hall–Kier alpha value is -2.66. The zero-order valence-corrected chi connectivity index (χ0v) is 16.5. The fourth-order valence-corrected chi connectivity index (χ4v) is 3.29. The van der Waals surface area contributed by atoms with Gasteiger partial charge >= 0.3 is 0 Å². The minimum atomic E-state index is -0.330. The van der Waals surface area contributed by atoms with Crippen molar-refractivity contribution in [3.63, 3.8) is 0 Å². The van der Waals surface area contributed by atoms with Crippen molar-refractivity contribution in [2.75, 3.05) is 4.90 Å². The van der Waals surface area contributed by atoms with Crippen molar-refractivity contribution in [1.29, 1.82) is 0 Å². The number of hydrogen-bond donors (Lipinski definition) is 0. The Morgan fingerprint density at radius 1 is 1.26 bits per heavy atom. The number of amides is 1. The van der Waals surface area contributed by atoms with Gasteiger partial charge in [-0.2, -0.15) is 0 Å². The summed E-state index contributed by atoms with van der Waals surface area (Å²) in [7, 11) is 0. The van der Waals surface area contributed by atoms with Gasteiger partial charge in [0.25, 0.3) is 0 Å². The van der Waals surface area contributed by atoms with E-state index in [2.05, 4.69) is 30.0 Å². The van der Waals surface area contributed by atoms with Gasteiger partial charge in [0, 0.05) is 36.4 Å². The van der Waals surface area contributed by atoms with E-state index in [9.17, 15) is 9.18 Å². The molecule has 0 radical (unpaired) electrons. The summed E-state index contributed by atoms with van der Waals surface area (Å²) in [5.74, 6) is -0.450. The van der Waals surface area contributed by atoms with Crippen LogP contribution >= 0.6 is 12.4 Å². The highest BCUT2D eigenvalue weighted by Crippen LogP contribution is 2.28. The zero-order valence-electron chi connectivity index (χ0n) is 15.7. The SMILES string of the molecule is C=CCn1c(C)c(C)c2ccnc(CN(C(C)=O)c3ccc(F)cc3)c21.Cl. The highest BCUT2D eigenvalue weighted by Gasteiger charge is 2.19. The first-order valence-electron chi connectivity index (χ1n) is 8.52. The Bertz CT molecular complexity index is 979. The van der Waals surface area contributed by atoms with Crippen molar-refractivity contribution in [3.8, 4) is 0 Å². The van der Waals surface area contributed by atoms with Gasteiger partial charge in [-0.3, -0.25) is 9.78 Å². The number of anilines is 1. The molecule has 0 bridgehead atoms. The molecule has 0 spiro atoms. The average Bonchev–Trinajstić information content (AvgIpc) is 2.86. The van der Waals surface area contributed by atoms with Crippen LogP contribution in [0.1, 0.15) is 23.9 Å². The Balaban J connectivity index is 0.00000261. The molecule has 3 rings (SSSR count). The van der Waals surface area contributed by atoms with Crippen LogP contribution in [0, 0.1) is 19.7 Å². The lowest BCUT2D eigenvalue weighted by molar-refractivity contribution is -0.116. The second-order valence-electron chi connectivity index (χ2n) is 6.35. The first-order chi connectivity index (χ1) is 12.4. The number of aromatic nitrogens is 2. The molecule has 1 aromatic carbocycles. The number of pyridine rings is 1. The summed E-state index contributed by atoms with van der Waals surface area (Å²) in [6.45, 7) is 10.5. The van der Waals surface area contributed by atoms with E-state index in [0.29, 0.717) is 18.8 Å². The Morgan fingerprint density at radius 3 is 2.52 bits per heavy atom. The Labute approximate surface area is 164 Å². The lowest BCUT2D eigenvalue weighted by Crippen LogP contribution is -2.28. The van der Waals surface area contributed by atoms with Gasteiger partial charge in [-0.1, -0.05) is 6.08 Å². The second-order valence-corrected chi connectivity index (χ2v) is 6.35. The van der Waals surface area contributed by atoms with Crippen LogP contribution in [0.2, 0.25) is 0 Å². The highest BCUT2D eigenvalue weighted by atomic mass is 35.5. The molecule has 0 N–H and O–H groups in total. The van der Waals surface area contributed by atoms with Crippen molar-refractivity contribution in [1.82, 2.24) is 9.55 Å². The molecule has 0 unspecified atom stereocenters. The number of hydrogen-bond acceptors (Lipinski definition) is 2. The number of fused-ring (bicyclic) bond motifs is 1. The molecule has 0 saturated heterocycles. The monoisotopic (exact) mass is 387 g/mol. The summed E-state index contributed by atoms with van der Waals surface area (Å²) in [4.78, 5) is 18.4. The van der Waals surface area contributed by atoms with Gasteiger partial charge in [0.2, 0.25) is 5.91 Å². The van der Waals surface area contributed by atoms with Crippen molar-refractivity contribution < 1.29 is 9.18 Å². The number of aryl methyl sites for hydroxylation is 1. The van der Waals surface area contributed by atoms with Crippen LogP contribution in [0.25, 0.3) is 10.9 Å². The molecule has 6 heteroatoms. The molecule has 4 nitrogen and oxygen atoms in total. The molecule has 0 fully saturated rings. The van der Waals surface area contributed by atoms with Crippen molar-refractivity contribution in [3.05, 3.63) is 72.0 Å². The van der Waals surface area contributed by atoms with Crippen LogP contribution in [-0.2, 0) is 17.9 Å². The molecule has 1 amide bonds. The second kappa shape index (κ2) is 8.35. The van der Waals surface area contributed by atoms with Crippen LogP contribution in [0.3, 0.4) is 0 Å². The molecular weight excluding hydrogens is 365 g/mol. The van der Waals surface area contributed by atoms with E-state index in [1.54, 1.807) is 23.2 Å². The first-order valence-corrected chi connectivity index (χ1v) is 8.52. The third kappa shape index (κ3) is 3.88. The molecule has 142 valence electrons. The lowest BCUT2D eigenvalue weighted by Gasteiger charge is -2.21. The van der Waals surface area contributed by atoms with Gasteiger partial charge in [0.15, 0.2) is 0 Å². The molecule has 0 aliphatic carbocycles. The fourth-order valence-electron chi connectivity index (χ4n) is 3.29. The number of carbonyl (C=O) groups excluding carboxylic acids is 1. The summed E-state index contributed by atoms with van der Waals surface area (Å²) in [5.41, 5.74) is 4.82. The molecule has 0 saturated carbocycles. The number of carbonyl (C=O) groups is 1. The van der Waals surface area contributed by atoms with E-state index in [1.165, 1.54) is 24.6 Å². The largest absolute Gasteiger partial charge is 0.339 e. The number of nitrogens with zero attached hydrogens (tertiary/aromatic N) is 3. The van der Waals surface area contributed by atoms with Gasteiger partial charge in [-0.05, 0) is 49.7 Å². The van der Waals surface area contributed by atoms with Crippen LogP contribution in [-0.4, -0.2) is 15.5 Å². The standard InChI is InChI=1S/C21H22FN3O.ClH/c1-5-12-24-15(3)14(2)19-10-11-23-20(21(19)24)13-25(16(4)26)18-8-6-17(22)7-9-18;/h5-11H,1,12-13H2,2-4H3;1H. The van der Waals surface area contributed by atoms with E-state index >= 15 is 0 Å². The maximum absolute atomic E-state index is 13.2. The van der Waals surface area contributed by atoms with Crippen molar-refractivity contribution in [2.45, 2.75) is 33.9 Å². The number of benzene rings is 1. The maximum atomic E-state index is 13.2. The Kier molecular flexibility index (Phi) is 6.39. The predicted octanol–water partition coefficient (Wildman–Crippen LogP) is 4.95. The number of halogens is 2. The van der Waals surface area contributed by atoms with E-state index in [1.807, 2.05) is 12.1 Å². The molecular formula is C21H23ClFN3O. The minimum Gasteiger partial charge on any atom is -0.339 e. The van der Waals surface area contributed by atoms with Crippen molar-refractivity contribution in [2.24, 2.45) is 0 Å². The molecule has 0 atom stereocenters. The van der Waals surface area contributed by atoms with E-state index in [-0.39, 0.29) is 24.1 Å². The number of allylic oxidation sites excluding steroid dienone is 1. The van der Waals surface area contributed by atoms with Crippen LogP contribution in [0.5, 0.6) is 0 Å². The molecule has 27 heavy (non-hydrogen) atoms. The Morgan fingerprint density at radius 2 is 1.93 bits per heavy atom. The summed E-state index contributed by atoms with van der Waals surface area (Å²) in [5, 5.41) is 1.12. The highest BCUT2D eigenvalue weighted by molar-refractivity contribution is 5.93. The third-order valence-corrected chi connectivity index (χ3v) is 4.76. The van der Waals surface area contributed by atoms with E-state index in [4.69, 9.17) is 0 Å². The molecule has 0 aliphatic heterocycles. The van der Waals surface area contributed by atoms with Crippen LogP contribution in [0.4, 0.5) is 10.1 Å². The van der Waals surface area contributed by atoms with Crippen LogP contribution in [0.15, 0.2) is 49.2 Å². The molecule has 2 aromatic heterocycles. The summed E-state index contributed by atoms with van der Waals surface area (Å²) >= 11 is 0. The first kappa shape index (κ1) is 20.6. The average molecular weight is 388 g/mol. The summed E-state index contributed by atoms with van der Waals surface area (Å²) in [6, 6.07) is 7.92. The van der Waals surface area contributed by atoms with E-state index in [0.717, 1.165) is 22.3 Å². The summed E-state index contributed by atoms with van der Waals surface area (Å²) < 4.78 is 15.4. The lowest BCUT2D eigenvalue weighted by atomic mass is 10.1. The quantitative estimate of drug-likeness (QED) is 0.581. The van der Waals surface area contributed by atoms with Gasteiger partial charge in [-0.15, -0.1) is 19.0 Å². The van der Waals surface area contributed by atoms with Gasteiger partial charge in [0.1, 0.15) is 5.82 Å². The summed E-state index contributed by atoms with van der Waals surface area (Å²) in [6.07, 6.45) is 3.62. The zero-order chi connectivity index (χ0) is 18.8. The van der Waals surface area contributed by atoms with Gasteiger partial charge < -0.3 is 9.47 Å². The van der Waals surface area contributed by atoms with Crippen molar-refractivity contribution >= 4 is 34.9 Å². The molecule has 2 heterocycles. The fraction of sp³-hybridized carbons (Fsp3) is 0.238. The minimum absolute atomic E-state index is 0. The molecule has 3 aromatic rings. The van der Waals surface area contributed by atoms with Gasteiger partial charge in [-0.25, -0.2) is 4.39 Å². The topological polar surface area (TPSA) is 38.1 Å². The van der Waals surface area contributed by atoms with Crippen LogP contribution < -0.4 is 4.90 Å². The maximum Gasteiger partial charge on any atom is 0.224 e. The predicted molar refractivity (Wildman–Crippen MR) is 110 cm³/mol. The smallest absolute Gasteiger partial charge is 0.224 e. The number of rotatable bonds is 5. The van der Waals surface area contributed by atoms with Gasteiger partial charge in [0.05, 0.1) is 17.8 Å². The third-order valence-electron chi connectivity index (χ3n) is 4.76.